The summed E-state index contributed by atoms with van der Waals surface area (Å²) in [7, 11) is 0. The van der Waals surface area contributed by atoms with E-state index in [2.05, 4.69) is 0 Å². The first-order valence-electron chi connectivity index (χ1n) is 8.49. The fourth-order valence-corrected chi connectivity index (χ4v) is 2.70. The minimum absolute atomic E-state index is 0.0565. The van der Waals surface area contributed by atoms with E-state index in [0.29, 0.717) is 17.1 Å². The number of rotatable bonds is 7. The molecule has 0 saturated carbocycles. The number of fused-ring (bicyclic) bond motifs is 1. The summed E-state index contributed by atoms with van der Waals surface area (Å²) < 4.78 is 15.7. The molecule has 3 rings (SSSR count). The average Bonchev–Trinajstić information content (AvgIpc) is 3.11. The number of phenolic OH excluding ortho intramolecular Hbond substituents is 1. The van der Waals surface area contributed by atoms with Gasteiger partial charge in [0.05, 0.1) is 0 Å². The highest BCUT2D eigenvalue weighted by Crippen LogP contribution is 2.32. The molecule has 0 fully saturated rings. The Morgan fingerprint density at radius 3 is 2.50 bits per heavy atom. The van der Waals surface area contributed by atoms with E-state index < -0.39 is 24.0 Å². The van der Waals surface area contributed by atoms with Crippen LogP contribution in [0.15, 0.2) is 36.4 Å². The number of hydrogen-bond donors (Lipinski definition) is 4. The summed E-state index contributed by atoms with van der Waals surface area (Å²) in [6, 6.07) is 7.31. The van der Waals surface area contributed by atoms with Crippen molar-refractivity contribution < 1.29 is 34.0 Å². The molecule has 0 aromatic heterocycles. The predicted molar refractivity (Wildman–Crippen MR) is 97.3 cm³/mol. The highest BCUT2D eigenvalue weighted by atomic mass is 16.7. The van der Waals surface area contributed by atoms with Gasteiger partial charge in [-0.2, -0.15) is 0 Å². The Labute approximate surface area is 160 Å². The van der Waals surface area contributed by atoms with E-state index in [9.17, 15) is 14.7 Å². The number of carbonyl (C=O) groups excluding carboxylic acids is 1. The number of ether oxygens (including phenoxy) is 3. The van der Waals surface area contributed by atoms with Crippen LogP contribution in [-0.4, -0.2) is 41.0 Å². The number of phenols is 1. The molecule has 28 heavy (non-hydrogen) atoms. The summed E-state index contributed by atoms with van der Waals surface area (Å²) in [4.78, 5) is 23.0. The summed E-state index contributed by atoms with van der Waals surface area (Å²) in [6.45, 7) is 0.156. The van der Waals surface area contributed by atoms with Crippen molar-refractivity contribution in [3.63, 3.8) is 0 Å². The van der Waals surface area contributed by atoms with Gasteiger partial charge in [-0.25, -0.2) is 4.79 Å². The van der Waals surface area contributed by atoms with Crippen molar-refractivity contribution in [1.29, 1.82) is 0 Å². The number of nitrogens with two attached hydrogens (primary N) is 2. The minimum Gasteiger partial charge on any atom is -0.508 e. The summed E-state index contributed by atoms with van der Waals surface area (Å²) in [5.41, 5.74) is 12.5. The summed E-state index contributed by atoms with van der Waals surface area (Å²) in [6.07, 6.45) is 0.173. The molecule has 2 atom stereocenters. The van der Waals surface area contributed by atoms with Crippen LogP contribution >= 0.6 is 0 Å². The Balaban J connectivity index is 1.60. The van der Waals surface area contributed by atoms with Gasteiger partial charge in [0.1, 0.15) is 23.6 Å². The van der Waals surface area contributed by atoms with Gasteiger partial charge >= 0.3 is 11.9 Å². The maximum absolute atomic E-state index is 12.2. The van der Waals surface area contributed by atoms with Gasteiger partial charge in [-0.3, -0.25) is 4.79 Å². The maximum atomic E-state index is 12.2. The Kier molecular flexibility index (Phi) is 5.67. The van der Waals surface area contributed by atoms with Crippen molar-refractivity contribution in [2.45, 2.75) is 24.9 Å². The van der Waals surface area contributed by atoms with Crippen LogP contribution in [0.5, 0.6) is 23.0 Å². The van der Waals surface area contributed by atoms with Crippen LogP contribution in [0.4, 0.5) is 0 Å². The zero-order valence-corrected chi connectivity index (χ0v) is 14.8. The third kappa shape index (κ3) is 4.51. The van der Waals surface area contributed by atoms with Crippen molar-refractivity contribution >= 4 is 11.9 Å². The normalized spacial score (nSPS) is 14.4. The lowest BCUT2D eigenvalue weighted by Gasteiger charge is -2.13. The zero-order valence-electron chi connectivity index (χ0n) is 14.8. The second-order valence-corrected chi connectivity index (χ2v) is 6.36. The molecule has 0 saturated heterocycles. The van der Waals surface area contributed by atoms with Gasteiger partial charge in [-0.1, -0.05) is 12.1 Å². The van der Waals surface area contributed by atoms with Crippen LogP contribution in [-0.2, 0) is 22.4 Å². The van der Waals surface area contributed by atoms with E-state index >= 15 is 0 Å². The van der Waals surface area contributed by atoms with Crippen LogP contribution < -0.4 is 25.7 Å². The van der Waals surface area contributed by atoms with Gasteiger partial charge in [0.25, 0.3) is 0 Å². The first kappa shape index (κ1) is 19.5. The number of carbonyl (C=O) groups is 2. The van der Waals surface area contributed by atoms with Gasteiger partial charge in [-0.05, 0) is 35.7 Å². The Morgan fingerprint density at radius 1 is 1.04 bits per heavy atom. The van der Waals surface area contributed by atoms with Crippen molar-refractivity contribution in [2.75, 3.05) is 6.79 Å². The highest BCUT2D eigenvalue weighted by molar-refractivity contribution is 5.78. The lowest BCUT2D eigenvalue weighted by molar-refractivity contribution is -0.138. The standard InChI is InChI=1S/C19H20N2O7/c20-13(18(23)24)7-11-2-3-12(8-15(11)22)28-19(25)14(21)5-10-1-4-16-17(6-10)27-9-26-16/h1-4,6,8,13-14,22H,5,7,9,20-21H2,(H,23,24)/t13-,14-/m0/s1. The van der Waals surface area contributed by atoms with Crippen LogP contribution in [0.2, 0.25) is 0 Å². The van der Waals surface area contributed by atoms with Gasteiger partial charge in [-0.15, -0.1) is 0 Å². The van der Waals surface area contributed by atoms with Gasteiger partial charge in [0.2, 0.25) is 6.79 Å². The third-order valence-electron chi connectivity index (χ3n) is 4.23. The molecule has 0 spiro atoms. The maximum Gasteiger partial charge on any atom is 0.328 e. The largest absolute Gasteiger partial charge is 0.508 e. The van der Waals surface area contributed by atoms with Crippen LogP contribution in [0.1, 0.15) is 11.1 Å². The summed E-state index contributed by atoms with van der Waals surface area (Å²) in [5.74, 6) is -0.740. The molecule has 0 bridgehead atoms. The number of aliphatic carboxylic acids is 1. The molecule has 148 valence electrons. The van der Waals surface area contributed by atoms with E-state index in [1.54, 1.807) is 18.2 Å². The molecule has 0 amide bonds. The van der Waals surface area contributed by atoms with E-state index in [-0.39, 0.29) is 31.1 Å². The first-order chi connectivity index (χ1) is 13.3. The third-order valence-corrected chi connectivity index (χ3v) is 4.23. The molecule has 9 heteroatoms. The Bertz CT molecular complexity index is 900. The van der Waals surface area contributed by atoms with E-state index in [1.807, 2.05) is 0 Å². The highest BCUT2D eigenvalue weighted by Gasteiger charge is 2.20. The minimum atomic E-state index is -1.18. The number of carboxylic acids is 1. The second-order valence-electron chi connectivity index (χ2n) is 6.36. The number of carboxylic acid groups (broad SMARTS) is 1. The summed E-state index contributed by atoms with van der Waals surface area (Å²) >= 11 is 0. The fourth-order valence-electron chi connectivity index (χ4n) is 2.70. The molecule has 1 aliphatic heterocycles. The topological polar surface area (TPSA) is 154 Å². The Hall–Kier alpha value is -3.30. The average molecular weight is 388 g/mol. The number of benzene rings is 2. The lowest BCUT2D eigenvalue weighted by Crippen LogP contribution is -2.36. The molecule has 6 N–H and O–H groups in total. The fraction of sp³-hybridized carbons (Fsp3) is 0.263. The molecule has 0 aliphatic carbocycles. The molecule has 0 radical (unpaired) electrons. The van der Waals surface area contributed by atoms with Crippen molar-refractivity contribution in [2.24, 2.45) is 11.5 Å². The zero-order chi connectivity index (χ0) is 20.3. The molecule has 2 aromatic rings. The summed E-state index contributed by atoms with van der Waals surface area (Å²) in [5, 5.41) is 18.8. The molecular weight excluding hydrogens is 368 g/mol. The SMILES string of the molecule is N[C@@H](Cc1ccc(OC(=O)[C@@H](N)Cc2ccc3c(c2)OCO3)cc1O)C(=O)O. The van der Waals surface area contributed by atoms with E-state index in [4.69, 9.17) is 30.8 Å². The van der Waals surface area contributed by atoms with Gasteiger partial charge in [0, 0.05) is 12.5 Å². The van der Waals surface area contributed by atoms with E-state index in [0.717, 1.165) is 5.56 Å². The molecule has 1 heterocycles. The second kappa shape index (κ2) is 8.15. The van der Waals surface area contributed by atoms with Crippen molar-refractivity contribution in [3.05, 3.63) is 47.5 Å². The van der Waals surface area contributed by atoms with Gasteiger partial charge < -0.3 is 35.9 Å². The van der Waals surface area contributed by atoms with E-state index in [1.165, 1.54) is 18.2 Å². The van der Waals surface area contributed by atoms with Crippen molar-refractivity contribution in [1.82, 2.24) is 0 Å². The smallest absolute Gasteiger partial charge is 0.328 e. The quantitative estimate of drug-likeness (QED) is 0.393. The Morgan fingerprint density at radius 2 is 1.79 bits per heavy atom. The molecule has 2 aromatic carbocycles. The predicted octanol–water partition coefficient (Wildman–Crippen LogP) is 0.551. The monoisotopic (exact) mass is 388 g/mol. The number of aromatic hydroxyl groups is 1. The van der Waals surface area contributed by atoms with Gasteiger partial charge in [0.15, 0.2) is 11.5 Å². The van der Waals surface area contributed by atoms with Crippen LogP contribution in [0.3, 0.4) is 0 Å². The first-order valence-corrected chi connectivity index (χ1v) is 8.49. The number of hydrogen-bond acceptors (Lipinski definition) is 8. The molecule has 9 nitrogen and oxygen atoms in total. The van der Waals surface area contributed by atoms with Crippen molar-refractivity contribution in [3.8, 4) is 23.0 Å². The number of esters is 1. The molecule has 0 unspecified atom stereocenters. The van der Waals surface area contributed by atoms with Crippen LogP contribution in [0, 0.1) is 0 Å². The molecular formula is C19H20N2O7. The van der Waals surface area contributed by atoms with Crippen LogP contribution in [0.25, 0.3) is 0 Å². The molecule has 1 aliphatic rings. The lowest BCUT2D eigenvalue weighted by atomic mass is 10.1.